The van der Waals surface area contributed by atoms with E-state index >= 15 is 0 Å². The molecule has 1 amide bonds. The summed E-state index contributed by atoms with van der Waals surface area (Å²) in [6, 6.07) is 13.9. The van der Waals surface area contributed by atoms with Gasteiger partial charge in [0.1, 0.15) is 0 Å². The highest BCUT2D eigenvalue weighted by molar-refractivity contribution is 5.79. The SMILES string of the molecule is O=C(NCc1cn(-c2ccccc2)nc1-c1ccncc1)C1CCC1. The van der Waals surface area contributed by atoms with Crippen molar-refractivity contribution in [2.75, 3.05) is 0 Å². The van der Waals surface area contributed by atoms with Crippen molar-refractivity contribution in [1.29, 1.82) is 0 Å². The fourth-order valence-corrected chi connectivity index (χ4v) is 3.00. The lowest BCUT2D eigenvalue weighted by atomic mass is 9.85. The molecule has 0 bridgehead atoms. The summed E-state index contributed by atoms with van der Waals surface area (Å²) in [6.45, 7) is 0.486. The second-order valence-corrected chi connectivity index (χ2v) is 6.36. The van der Waals surface area contributed by atoms with Gasteiger partial charge in [-0.2, -0.15) is 5.10 Å². The molecule has 0 spiro atoms. The fourth-order valence-electron chi connectivity index (χ4n) is 3.00. The molecule has 1 aliphatic carbocycles. The quantitative estimate of drug-likeness (QED) is 0.779. The number of carbonyl (C=O) groups is 1. The molecule has 0 atom stereocenters. The number of nitrogens with zero attached hydrogens (tertiary/aromatic N) is 3. The zero-order valence-electron chi connectivity index (χ0n) is 13.9. The molecule has 2 heterocycles. The highest BCUT2D eigenvalue weighted by Crippen LogP contribution is 2.27. The molecule has 25 heavy (non-hydrogen) atoms. The number of amides is 1. The molecular formula is C20H20N4O. The number of carbonyl (C=O) groups excluding carboxylic acids is 1. The number of hydrogen-bond acceptors (Lipinski definition) is 3. The highest BCUT2D eigenvalue weighted by Gasteiger charge is 2.25. The first-order valence-electron chi connectivity index (χ1n) is 8.63. The summed E-state index contributed by atoms with van der Waals surface area (Å²) >= 11 is 0. The molecule has 1 aliphatic rings. The van der Waals surface area contributed by atoms with Crippen molar-refractivity contribution in [2.45, 2.75) is 25.8 Å². The first-order valence-corrected chi connectivity index (χ1v) is 8.63. The predicted octanol–water partition coefficient (Wildman–Crippen LogP) is 3.35. The number of pyridine rings is 1. The molecule has 2 aromatic heterocycles. The van der Waals surface area contributed by atoms with E-state index in [0.29, 0.717) is 6.54 Å². The minimum atomic E-state index is 0.152. The van der Waals surface area contributed by atoms with Gasteiger partial charge in [-0.3, -0.25) is 9.78 Å². The molecule has 5 nitrogen and oxygen atoms in total. The highest BCUT2D eigenvalue weighted by atomic mass is 16.1. The minimum Gasteiger partial charge on any atom is -0.352 e. The Morgan fingerprint density at radius 1 is 1.12 bits per heavy atom. The summed E-state index contributed by atoms with van der Waals surface area (Å²) in [7, 11) is 0. The van der Waals surface area contributed by atoms with Crippen LogP contribution < -0.4 is 5.32 Å². The average Bonchev–Trinajstić information content (AvgIpc) is 3.04. The summed E-state index contributed by atoms with van der Waals surface area (Å²) in [5, 5.41) is 7.81. The van der Waals surface area contributed by atoms with Crippen LogP contribution in [-0.2, 0) is 11.3 Å². The van der Waals surface area contributed by atoms with Crippen LogP contribution in [0.25, 0.3) is 16.9 Å². The van der Waals surface area contributed by atoms with Crippen LogP contribution in [0.1, 0.15) is 24.8 Å². The Balaban J connectivity index is 1.63. The van der Waals surface area contributed by atoms with Crippen molar-refractivity contribution in [1.82, 2.24) is 20.1 Å². The van der Waals surface area contributed by atoms with Crippen LogP contribution in [0.15, 0.2) is 61.1 Å². The molecule has 4 rings (SSSR count). The molecule has 0 unspecified atom stereocenters. The van der Waals surface area contributed by atoms with Crippen molar-refractivity contribution in [3.8, 4) is 16.9 Å². The molecule has 126 valence electrons. The monoisotopic (exact) mass is 332 g/mol. The molecule has 5 heteroatoms. The molecule has 1 saturated carbocycles. The second kappa shape index (κ2) is 6.89. The van der Waals surface area contributed by atoms with Crippen molar-refractivity contribution < 1.29 is 4.79 Å². The van der Waals surface area contributed by atoms with E-state index in [9.17, 15) is 4.79 Å². The van der Waals surface area contributed by atoms with Crippen LogP contribution in [0.4, 0.5) is 0 Å². The van der Waals surface area contributed by atoms with Gasteiger partial charge < -0.3 is 5.32 Å². The summed E-state index contributed by atoms with van der Waals surface area (Å²) < 4.78 is 1.86. The van der Waals surface area contributed by atoms with E-state index in [1.54, 1.807) is 12.4 Å². The van der Waals surface area contributed by atoms with Gasteiger partial charge in [-0.1, -0.05) is 24.6 Å². The number of para-hydroxylation sites is 1. The molecule has 0 aliphatic heterocycles. The lowest BCUT2D eigenvalue weighted by molar-refractivity contribution is -0.127. The maximum Gasteiger partial charge on any atom is 0.223 e. The van der Waals surface area contributed by atoms with Crippen LogP contribution in [-0.4, -0.2) is 20.7 Å². The van der Waals surface area contributed by atoms with E-state index in [4.69, 9.17) is 5.10 Å². The topological polar surface area (TPSA) is 59.8 Å². The Labute approximate surface area is 146 Å². The maximum atomic E-state index is 12.2. The van der Waals surface area contributed by atoms with E-state index in [2.05, 4.69) is 10.3 Å². The van der Waals surface area contributed by atoms with Gasteiger partial charge in [0.2, 0.25) is 5.91 Å². The Morgan fingerprint density at radius 3 is 2.56 bits per heavy atom. The zero-order valence-corrected chi connectivity index (χ0v) is 13.9. The van der Waals surface area contributed by atoms with Gasteiger partial charge in [-0.15, -0.1) is 0 Å². The summed E-state index contributed by atoms with van der Waals surface area (Å²) in [4.78, 5) is 16.3. The number of rotatable bonds is 5. The van der Waals surface area contributed by atoms with E-state index in [1.165, 1.54) is 0 Å². The first-order chi connectivity index (χ1) is 12.3. The summed E-state index contributed by atoms with van der Waals surface area (Å²) in [6.07, 6.45) is 8.68. The van der Waals surface area contributed by atoms with Crippen LogP contribution in [0, 0.1) is 5.92 Å². The molecular weight excluding hydrogens is 312 g/mol. The number of nitrogens with one attached hydrogen (secondary N) is 1. The second-order valence-electron chi connectivity index (χ2n) is 6.36. The third kappa shape index (κ3) is 3.31. The van der Waals surface area contributed by atoms with Crippen molar-refractivity contribution in [2.24, 2.45) is 5.92 Å². The third-order valence-electron chi connectivity index (χ3n) is 4.69. The van der Waals surface area contributed by atoms with Gasteiger partial charge in [-0.25, -0.2) is 4.68 Å². The zero-order chi connectivity index (χ0) is 17.1. The molecule has 1 aromatic carbocycles. The molecule has 1 N–H and O–H groups in total. The van der Waals surface area contributed by atoms with Gasteiger partial charge in [0.25, 0.3) is 0 Å². The van der Waals surface area contributed by atoms with Crippen LogP contribution in [0.3, 0.4) is 0 Å². The van der Waals surface area contributed by atoms with E-state index in [0.717, 1.165) is 41.8 Å². The normalized spacial score (nSPS) is 14.1. The van der Waals surface area contributed by atoms with E-state index in [-0.39, 0.29) is 11.8 Å². The van der Waals surface area contributed by atoms with Gasteiger partial charge >= 0.3 is 0 Å². The standard InChI is InChI=1S/C20H20N4O/c25-20(16-5-4-6-16)22-13-17-14-24(18-7-2-1-3-8-18)23-19(17)15-9-11-21-12-10-15/h1-3,7-12,14,16H,4-6,13H2,(H,22,25). The van der Waals surface area contributed by atoms with Gasteiger partial charge in [0.15, 0.2) is 0 Å². The average molecular weight is 332 g/mol. The number of aromatic nitrogens is 3. The van der Waals surface area contributed by atoms with E-state index < -0.39 is 0 Å². The third-order valence-corrected chi connectivity index (χ3v) is 4.69. The number of benzene rings is 1. The maximum absolute atomic E-state index is 12.2. The van der Waals surface area contributed by atoms with E-state index in [1.807, 2.05) is 53.3 Å². The minimum absolute atomic E-state index is 0.152. The number of hydrogen-bond donors (Lipinski definition) is 1. The largest absolute Gasteiger partial charge is 0.352 e. The summed E-state index contributed by atoms with van der Waals surface area (Å²) in [5.74, 6) is 0.341. The van der Waals surface area contributed by atoms with Gasteiger partial charge in [-0.05, 0) is 37.1 Å². The summed E-state index contributed by atoms with van der Waals surface area (Å²) in [5.41, 5.74) is 3.87. The van der Waals surface area contributed by atoms with Gasteiger partial charge in [0.05, 0.1) is 11.4 Å². The fraction of sp³-hybridized carbons (Fsp3) is 0.250. The Kier molecular flexibility index (Phi) is 4.29. The van der Waals surface area contributed by atoms with Crippen molar-refractivity contribution in [3.63, 3.8) is 0 Å². The Hall–Kier alpha value is -2.95. The van der Waals surface area contributed by atoms with Crippen LogP contribution >= 0.6 is 0 Å². The smallest absolute Gasteiger partial charge is 0.223 e. The van der Waals surface area contributed by atoms with Crippen molar-refractivity contribution in [3.05, 3.63) is 66.6 Å². The molecule has 3 aromatic rings. The van der Waals surface area contributed by atoms with Gasteiger partial charge in [0, 0.05) is 42.2 Å². The van der Waals surface area contributed by atoms with Crippen molar-refractivity contribution >= 4 is 5.91 Å². The lowest BCUT2D eigenvalue weighted by Crippen LogP contribution is -2.33. The Morgan fingerprint density at radius 2 is 1.88 bits per heavy atom. The molecule has 0 radical (unpaired) electrons. The first kappa shape index (κ1) is 15.6. The van der Waals surface area contributed by atoms with Crippen LogP contribution in [0.5, 0.6) is 0 Å². The van der Waals surface area contributed by atoms with Crippen LogP contribution in [0.2, 0.25) is 0 Å². The Bertz CT molecular complexity index is 854. The lowest BCUT2D eigenvalue weighted by Gasteiger charge is -2.23. The predicted molar refractivity (Wildman–Crippen MR) is 96.0 cm³/mol. The molecule has 1 fully saturated rings. The molecule has 0 saturated heterocycles.